The Morgan fingerprint density at radius 2 is 1.75 bits per heavy atom. The van der Waals surface area contributed by atoms with Crippen molar-refractivity contribution < 1.29 is 24.5 Å². The number of halogens is 1. The van der Waals surface area contributed by atoms with Crippen LogP contribution in [0.25, 0.3) is 5.76 Å². The molecule has 7 heteroatoms. The van der Waals surface area contributed by atoms with Gasteiger partial charge in [-0.25, -0.2) is 0 Å². The van der Waals surface area contributed by atoms with Crippen molar-refractivity contribution >= 4 is 29.1 Å². The van der Waals surface area contributed by atoms with E-state index in [1.807, 2.05) is 0 Å². The quantitative estimate of drug-likeness (QED) is 0.441. The van der Waals surface area contributed by atoms with Gasteiger partial charge in [-0.05, 0) is 48.4 Å². The molecular formula is C21H20ClNO5. The number of rotatable bonds is 6. The fourth-order valence-electron chi connectivity index (χ4n) is 3.25. The number of nitrogens with zero attached hydrogens (tertiary/aromatic N) is 1. The minimum atomic E-state index is -0.758. The van der Waals surface area contributed by atoms with Crippen LogP contribution in [0.5, 0.6) is 5.75 Å². The van der Waals surface area contributed by atoms with E-state index in [1.54, 1.807) is 55.6 Å². The van der Waals surface area contributed by atoms with E-state index >= 15 is 0 Å². The Kier molecular flexibility index (Phi) is 6.02. The fourth-order valence-corrected chi connectivity index (χ4v) is 3.37. The first kappa shape index (κ1) is 19.9. The van der Waals surface area contributed by atoms with E-state index < -0.39 is 17.7 Å². The maximum absolute atomic E-state index is 12.7. The maximum Gasteiger partial charge on any atom is 0.295 e. The molecule has 0 spiro atoms. The predicted molar refractivity (Wildman–Crippen MR) is 105 cm³/mol. The molecule has 0 aliphatic carbocycles. The highest BCUT2D eigenvalue weighted by Gasteiger charge is 2.45. The van der Waals surface area contributed by atoms with Gasteiger partial charge in [-0.2, -0.15) is 0 Å². The lowest BCUT2D eigenvalue weighted by molar-refractivity contribution is -0.140. The zero-order valence-electron chi connectivity index (χ0n) is 15.3. The van der Waals surface area contributed by atoms with Gasteiger partial charge >= 0.3 is 0 Å². The Labute approximate surface area is 167 Å². The summed E-state index contributed by atoms with van der Waals surface area (Å²) < 4.78 is 5.17. The zero-order valence-corrected chi connectivity index (χ0v) is 16.0. The molecule has 28 heavy (non-hydrogen) atoms. The molecule has 1 atom stereocenters. The average Bonchev–Trinajstić information content (AvgIpc) is 2.97. The van der Waals surface area contributed by atoms with Gasteiger partial charge in [0.1, 0.15) is 11.5 Å². The number of carbonyl (C=O) groups excluding carboxylic acids is 2. The SMILES string of the molecule is COc1ccc([C@H]2/C(=C(\O)c3ccc(Cl)cc3)C(=O)C(=O)N2CCCO)cc1. The van der Waals surface area contributed by atoms with Gasteiger partial charge in [-0.3, -0.25) is 9.59 Å². The predicted octanol–water partition coefficient (Wildman–Crippen LogP) is 3.15. The standard InChI is InChI=1S/C21H20ClNO5/c1-28-16-9-5-13(6-10-16)18-17(19(25)14-3-7-15(22)8-4-14)20(26)21(27)23(18)11-2-12-24/h3-10,18,24-25H,2,11-12H2,1H3/b19-17+/t18-/m0/s1. The molecule has 6 nitrogen and oxygen atoms in total. The highest BCUT2D eigenvalue weighted by atomic mass is 35.5. The Morgan fingerprint density at radius 1 is 1.11 bits per heavy atom. The molecule has 3 rings (SSSR count). The molecule has 1 aliphatic rings. The third kappa shape index (κ3) is 3.74. The number of amides is 1. The highest BCUT2D eigenvalue weighted by Crippen LogP contribution is 2.39. The minimum absolute atomic E-state index is 0.00966. The van der Waals surface area contributed by atoms with Gasteiger partial charge in [-0.1, -0.05) is 23.7 Å². The van der Waals surface area contributed by atoms with Crippen LogP contribution >= 0.6 is 11.6 Å². The summed E-state index contributed by atoms with van der Waals surface area (Å²) in [5.74, 6) is -1.09. The lowest BCUT2D eigenvalue weighted by Crippen LogP contribution is -2.31. The summed E-state index contributed by atoms with van der Waals surface area (Å²) in [5, 5.41) is 20.5. The number of ether oxygens (including phenoxy) is 1. The molecule has 0 aromatic heterocycles. The van der Waals surface area contributed by atoms with Crippen molar-refractivity contribution in [1.82, 2.24) is 4.90 Å². The Balaban J connectivity index is 2.13. The van der Waals surface area contributed by atoms with Crippen LogP contribution in [0.1, 0.15) is 23.6 Å². The summed E-state index contributed by atoms with van der Waals surface area (Å²) in [6, 6.07) is 12.6. The number of aliphatic hydroxyl groups excluding tert-OH is 2. The van der Waals surface area contributed by atoms with E-state index in [1.165, 1.54) is 4.90 Å². The van der Waals surface area contributed by atoms with Gasteiger partial charge in [0.15, 0.2) is 0 Å². The molecule has 2 aromatic carbocycles. The maximum atomic E-state index is 12.7. The molecule has 2 N–H and O–H groups in total. The number of methoxy groups -OCH3 is 1. The smallest absolute Gasteiger partial charge is 0.295 e. The molecule has 1 aliphatic heterocycles. The van der Waals surface area contributed by atoms with Gasteiger partial charge in [-0.15, -0.1) is 0 Å². The summed E-state index contributed by atoms with van der Waals surface area (Å²) in [6.45, 7) is 0.0741. The Bertz CT molecular complexity index is 905. The molecule has 0 radical (unpaired) electrons. The van der Waals surface area contributed by atoms with Gasteiger partial charge < -0.3 is 19.8 Å². The molecule has 1 fully saturated rings. The summed E-state index contributed by atoms with van der Waals surface area (Å²) >= 11 is 5.90. The molecule has 2 aromatic rings. The van der Waals surface area contributed by atoms with Crippen molar-refractivity contribution in [3.8, 4) is 5.75 Å². The van der Waals surface area contributed by atoms with Crippen LogP contribution in [0.15, 0.2) is 54.1 Å². The third-order valence-corrected chi connectivity index (χ3v) is 4.90. The van der Waals surface area contributed by atoms with E-state index in [4.69, 9.17) is 21.4 Å². The first-order valence-corrected chi connectivity index (χ1v) is 9.15. The molecule has 0 bridgehead atoms. The van der Waals surface area contributed by atoms with Crippen molar-refractivity contribution in [2.45, 2.75) is 12.5 Å². The van der Waals surface area contributed by atoms with Crippen LogP contribution in [0.3, 0.4) is 0 Å². The number of likely N-dealkylation sites (tertiary alicyclic amines) is 1. The minimum Gasteiger partial charge on any atom is -0.507 e. The van der Waals surface area contributed by atoms with Crippen LogP contribution in [-0.4, -0.2) is 47.1 Å². The van der Waals surface area contributed by atoms with Crippen molar-refractivity contribution in [2.24, 2.45) is 0 Å². The van der Waals surface area contributed by atoms with Gasteiger partial charge in [0.2, 0.25) is 0 Å². The largest absolute Gasteiger partial charge is 0.507 e. The summed E-state index contributed by atoms with van der Waals surface area (Å²) in [4.78, 5) is 26.7. The van der Waals surface area contributed by atoms with Crippen LogP contribution in [0.4, 0.5) is 0 Å². The van der Waals surface area contributed by atoms with Gasteiger partial charge in [0.25, 0.3) is 11.7 Å². The van der Waals surface area contributed by atoms with E-state index in [9.17, 15) is 14.7 Å². The first-order chi connectivity index (χ1) is 13.5. The van der Waals surface area contributed by atoms with Crippen LogP contribution in [-0.2, 0) is 9.59 Å². The van der Waals surface area contributed by atoms with Crippen molar-refractivity contribution in [3.63, 3.8) is 0 Å². The molecular weight excluding hydrogens is 382 g/mol. The number of hydrogen-bond acceptors (Lipinski definition) is 5. The summed E-state index contributed by atoms with van der Waals surface area (Å²) in [7, 11) is 1.54. The molecule has 1 saturated heterocycles. The van der Waals surface area contributed by atoms with E-state index in [2.05, 4.69) is 0 Å². The second-order valence-electron chi connectivity index (χ2n) is 6.35. The van der Waals surface area contributed by atoms with E-state index in [-0.39, 0.29) is 24.5 Å². The average molecular weight is 402 g/mol. The molecule has 1 heterocycles. The molecule has 0 saturated carbocycles. The monoisotopic (exact) mass is 401 g/mol. The second kappa shape index (κ2) is 8.46. The lowest BCUT2D eigenvalue weighted by atomic mass is 9.95. The Morgan fingerprint density at radius 3 is 2.32 bits per heavy atom. The summed E-state index contributed by atoms with van der Waals surface area (Å²) in [6.07, 6.45) is 0.320. The van der Waals surface area contributed by atoms with Gasteiger partial charge in [0.05, 0.1) is 18.7 Å². The van der Waals surface area contributed by atoms with Crippen molar-refractivity contribution in [1.29, 1.82) is 0 Å². The zero-order chi connectivity index (χ0) is 20.3. The number of benzene rings is 2. The molecule has 1 amide bonds. The number of carbonyl (C=O) groups is 2. The fraction of sp³-hybridized carbons (Fsp3) is 0.238. The summed E-state index contributed by atoms with van der Waals surface area (Å²) in [5.41, 5.74) is 1.06. The molecule has 0 unspecified atom stereocenters. The van der Waals surface area contributed by atoms with Crippen LogP contribution in [0, 0.1) is 0 Å². The molecule has 146 valence electrons. The van der Waals surface area contributed by atoms with Gasteiger partial charge in [0, 0.05) is 23.7 Å². The van der Waals surface area contributed by atoms with E-state index in [0.717, 1.165) is 0 Å². The number of hydrogen-bond donors (Lipinski definition) is 2. The second-order valence-corrected chi connectivity index (χ2v) is 6.79. The van der Waals surface area contributed by atoms with Crippen molar-refractivity contribution in [3.05, 3.63) is 70.3 Å². The first-order valence-electron chi connectivity index (χ1n) is 8.77. The normalized spacial score (nSPS) is 18.5. The van der Waals surface area contributed by atoms with E-state index in [0.29, 0.717) is 28.3 Å². The van der Waals surface area contributed by atoms with Crippen LogP contribution < -0.4 is 4.74 Å². The topological polar surface area (TPSA) is 87.1 Å². The Hall–Kier alpha value is -2.83. The highest BCUT2D eigenvalue weighted by molar-refractivity contribution is 6.46. The lowest BCUT2D eigenvalue weighted by Gasteiger charge is -2.25. The van der Waals surface area contributed by atoms with Crippen LogP contribution in [0.2, 0.25) is 5.02 Å². The van der Waals surface area contributed by atoms with Crippen molar-refractivity contribution in [2.75, 3.05) is 20.3 Å². The third-order valence-electron chi connectivity index (χ3n) is 4.65. The number of Topliss-reactive ketones (excluding diaryl/α,β-unsaturated/α-hetero) is 1. The number of aliphatic hydroxyl groups is 2. The number of ketones is 1.